The Balaban J connectivity index is 1.90. The standard InChI is InChI=1S/C19H15BrClNO4/c20-12-3-6-18-15(7-12)17-9-14(23)8-16(11-1-4-13(21)5-2-11)19(17,10-26-18)22(24)25/h1-7,16-17H,8-10H2/t16-,17-,19+/m0/s1. The van der Waals surface area contributed by atoms with Crippen LogP contribution in [0.3, 0.4) is 0 Å². The molecule has 0 saturated heterocycles. The normalized spacial score (nSPS) is 27.2. The van der Waals surface area contributed by atoms with Crippen molar-refractivity contribution in [3.05, 3.63) is 73.2 Å². The number of fused-ring (bicyclic) bond motifs is 3. The minimum atomic E-state index is -1.38. The highest BCUT2D eigenvalue weighted by Crippen LogP contribution is 2.54. The molecular weight excluding hydrogens is 422 g/mol. The molecule has 2 aromatic rings. The van der Waals surface area contributed by atoms with Crippen LogP contribution in [0.25, 0.3) is 0 Å². The molecule has 0 bridgehead atoms. The fourth-order valence-electron chi connectivity index (χ4n) is 4.24. The molecule has 1 heterocycles. The van der Waals surface area contributed by atoms with Crippen LogP contribution in [-0.2, 0) is 4.79 Å². The van der Waals surface area contributed by atoms with Gasteiger partial charge in [0, 0.05) is 32.8 Å². The highest BCUT2D eigenvalue weighted by Gasteiger charge is 2.63. The van der Waals surface area contributed by atoms with Crippen LogP contribution in [0.5, 0.6) is 5.75 Å². The van der Waals surface area contributed by atoms with Gasteiger partial charge in [0.25, 0.3) is 5.54 Å². The first-order valence-electron chi connectivity index (χ1n) is 8.25. The van der Waals surface area contributed by atoms with Crippen molar-refractivity contribution in [1.29, 1.82) is 0 Å². The number of halogens is 2. The minimum Gasteiger partial charge on any atom is -0.486 e. The van der Waals surface area contributed by atoms with Crippen molar-refractivity contribution < 1.29 is 14.5 Å². The van der Waals surface area contributed by atoms with Crippen molar-refractivity contribution in [2.45, 2.75) is 30.2 Å². The van der Waals surface area contributed by atoms with Crippen molar-refractivity contribution in [3.8, 4) is 5.75 Å². The molecule has 0 radical (unpaired) electrons. The summed E-state index contributed by atoms with van der Waals surface area (Å²) in [6, 6.07) is 12.4. The van der Waals surface area contributed by atoms with Crippen molar-refractivity contribution in [2.75, 3.05) is 6.61 Å². The van der Waals surface area contributed by atoms with Gasteiger partial charge in [-0.2, -0.15) is 0 Å². The zero-order chi connectivity index (χ0) is 18.5. The first kappa shape index (κ1) is 17.5. The van der Waals surface area contributed by atoms with Gasteiger partial charge in [-0.25, -0.2) is 0 Å². The Kier molecular flexibility index (Phi) is 4.28. The van der Waals surface area contributed by atoms with Gasteiger partial charge in [0.05, 0.1) is 11.8 Å². The van der Waals surface area contributed by atoms with Gasteiger partial charge in [0.2, 0.25) is 0 Å². The number of rotatable bonds is 2. The van der Waals surface area contributed by atoms with Gasteiger partial charge < -0.3 is 4.74 Å². The third kappa shape index (κ3) is 2.63. The summed E-state index contributed by atoms with van der Waals surface area (Å²) in [4.78, 5) is 24.6. The van der Waals surface area contributed by atoms with Crippen LogP contribution in [0.4, 0.5) is 0 Å². The van der Waals surface area contributed by atoms with Gasteiger partial charge in [0.1, 0.15) is 11.5 Å². The van der Waals surface area contributed by atoms with E-state index >= 15 is 0 Å². The van der Waals surface area contributed by atoms with E-state index in [-0.39, 0.29) is 30.2 Å². The second kappa shape index (κ2) is 6.35. The lowest BCUT2D eigenvalue weighted by Crippen LogP contribution is -2.59. The van der Waals surface area contributed by atoms with Gasteiger partial charge in [-0.1, -0.05) is 39.7 Å². The van der Waals surface area contributed by atoms with Crippen molar-refractivity contribution in [1.82, 2.24) is 0 Å². The molecule has 0 aromatic heterocycles. The number of hydrogen-bond donors (Lipinski definition) is 0. The van der Waals surface area contributed by atoms with E-state index in [2.05, 4.69) is 15.9 Å². The number of hydrogen-bond acceptors (Lipinski definition) is 4. The number of carbonyl (C=O) groups excluding carboxylic acids is 1. The summed E-state index contributed by atoms with van der Waals surface area (Å²) in [5.74, 6) is -0.450. The first-order valence-corrected chi connectivity index (χ1v) is 9.43. The maximum Gasteiger partial charge on any atom is 0.269 e. The van der Waals surface area contributed by atoms with Crippen LogP contribution < -0.4 is 4.74 Å². The number of benzene rings is 2. The van der Waals surface area contributed by atoms with Crippen LogP contribution in [0.2, 0.25) is 5.02 Å². The third-order valence-corrected chi connectivity index (χ3v) is 6.23. The van der Waals surface area contributed by atoms with Gasteiger partial charge in [-0.3, -0.25) is 14.9 Å². The Hall–Kier alpha value is -1.92. The van der Waals surface area contributed by atoms with Gasteiger partial charge in [-0.15, -0.1) is 0 Å². The smallest absolute Gasteiger partial charge is 0.269 e. The van der Waals surface area contributed by atoms with Crippen molar-refractivity contribution >= 4 is 33.3 Å². The number of ether oxygens (including phenoxy) is 1. The summed E-state index contributed by atoms with van der Waals surface area (Å²) in [6.07, 6.45) is 0.281. The minimum absolute atomic E-state index is 0.0280. The molecule has 5 nitrogen and oxygen atoms in total. The molecule has 134 valence electrons. The second-order valence-corrected chi connectivity index (χ2v) is 8.17. The predicted octanol–water partition coefficient (Wildman–Crippen LogP) is 4.74. The second-order valence-electron chi connectivity index (χ2n) is 6.82. The van der Waals surface area contributed by atoms with Crippen LogP contribution in [0.1, 0.15) is 35.8 Å². The maximum atomic E-state index is 12.5. The average molecular weight is 437 g/mol. The summed E-state index contributed by atoms with van der Waals surface area (Å²) in [5.41, 5.74) is 0.0794. The Morgan fingerprint density at radius 2 is 1.85 bits per heavy atom. The van der Waals surface area contributed by atoms with E-state index in [4.69, 9.17) is 16.3 Å². The molecule has 0 N–H and O–H groups in total. The molecule has 26 heavy (non-hydrogen) atoms. The molecule has 4 rings (SSSR count). The number of carbonyl (C=O) groups is 1. The molecule has 3 atom stereocenters. The number of nitrogens with zero attached hydrogens (tertiary/aromatic N) is 1. The largest absolute Gasteiger partial charge is 0.486 e. The number of ketones is 1. The SMILES string of the molecule is O=C1C[C@@H](c2ccc(Cl)cc2)[C@]2([N+](=O)[O-])COc3ccc(Br)cc3[C@@H]2C1. The Morgan fingerprint density at radius 1 is 1.15 bits per heavy atom. The van der Waals surface area contributed by atoms with E-state index < -0.39 is 17.4 Å². The van der Waals surface area contributed by atoms with Crippen LogP contribution >= 0.6 is 27.5 Å². The van der Waals surface area contributed by atoms with Crippen LogP contribution in [0, 0.1) is 10.1 Å². The van der Waals surface area contributed by atoms with Gasteiger partial charge >= 0.3 is 0 Å². The van der Waals surface area contributed by atoms with Crippen molar-refractivity contribution in [2.24, 2.45) is 0 Å². The fourth-order valence-corrected chi connectivity index (χ4v) is 4.75. The zero-order valence-corrected chi connectivity index (χ0v) is 16.0. The van der Waals surface area contributed by atoms with E-state index in [1.807, 2.05) is 12.1 Å². The van der Waals surface area contributed by atoms with E-state index in [1.165, 1.54) is 0 Å². The molecule has 1 saturated carbocycles. The zero-order valence-electron chi connectivity index (χ0n) is 13.7. The molecule has 1 fully saturated rings. The lowest BCUT2D eigenvalue weighted by Gasteiger charge is -2.45. The van der Waals surface area contributed by atoms with Crippen molar-refractivity contribution in [3.63, 3.8) is 0 Å². The summed E-state index contributed by atoms with van der Waals surface area (Å²) in [5, 5.41) is 12.9. The lowest BCUT2D eigenvalue weighted by molar-refractivity contribution is -0.585. The highest BCUT2D eigenvalue weighted by molar-refractivity contribution is 9.10. The van der Waals surface area contributed by atoms with Crippen LogP contribution in [-0.4, -0.2) is 22.9 Å². The molecule has 0 unspecified atom stereocenters. The molecule has 0 spiro atoms. The Morgan fingerprint density at radius 3 is 2.54 bits per heavy atom. The molecule has 7 heteroatoms. The first-order chi connectivity index (χ1) is 12.4. The van der Waals surface area contributed by atoms with E-state index in [0.717, 1.165) is 10.0 Å². The summed E-state index contributed by atoms with van der Waals surface area (Å²) in [7, 11) is 0. The molecular formula is C19H15BrClNO4. The third-order valence-electron chi connectivity index (χ3n) is 5.49. The number of Topliss-reactive ketones (excluding diaryl/α,β-unsaturated/α-hetero) is 1. The molecule has 1 aliphatic carbocycles. The van der Waals surface area contributed by atoms with Gasteiger partial charge in [-0.05, 0) is 35.9 Å². The predicted molar refractivity (Wildman–Crippen MR) is 101 cm³/mol. The Labute approximate surface area is 163 Å². The molecule has 1 aliphatic heterocycles. The average Bonchev–Trinajstić information content (AvgIpc) is 2.61. The highest BCUT2D eigenvalue weighted by atomic mass is 79.9. The topological polar surface area (TPSA) is 69.4 Å². The fraction of sp³-hybridized carbons (Fsp3) is 0.316. The van der Waals surface area contributed by atoms with Crippen LogP contribution in [0.15, 0.2) is 46.9 Å². The van der Waals surface area contributed by atoms with E-state index in [9.17, 15) is 14.9 Å². The summed E-state index contributed by atoms with van der Waals surface area (Å²) in [6.45, 7) is -0.0557. The van der Waals surface area contributed by atoms with E-state index in [0.29, 0.717) is 16.3 Å². The molecule has 0 amide bonds. The lowest BCUT2D eigenvalue weighted by atomic mass is 9.61. The quantitative estimate of drug-likeness (QED) is 0.503. The molecule has 2 aliphatic rings. The summed E-state index contributed by atoms with van der Waals surface area (Å²) < 4.78 is 6.63. The summed E-state index contributed by atoms with van der Waals surface area (Å²) >= 11 is 9.39. The maximum absolute atomic E-state index is 12.5. The number of nitro groups is 1. The molecule has 2 aromatic carbocycles. The Bertz CT molecular complexity index is 901. The van der Waals surface area contributed by atoms with Gasteiger partial charge in [0.15, 0.2) is 6.61 Å². The monoisotopic (exact) mass is 435 g/mol. The van der Waals surface area contributed by atoms with E-state index in [1.54, 1.807) is 30.3 Å².